The van der Waals surface area contributed by atoms with Crippen LogP contribution in [0.2, 0.25) is 0 Å². The van der Waals surface area contributed by atoms with Gasteiger partial charge in [0.2, 0.25) is 0 Å². The quantitative estimate of drug-likeness (QED) is 0.693. The summed E-state index contributed by atoms with van der Waals surface area (Å²) in [7, 11) is -1.69. The highest BCUT2D eigenvalue weighted by atomic mass is 79.9. The van der Waals surface area contributed by atoms with Crippen molar-refractivity contribution >= 4 is 43.2 Å². The zero-order valence-electron chi connectivity index (χ0n) is 14.0. The van der Waals surface area contributed by atoms with Gasteiger partial charge < -0.3 is 4.74 Å². The number of hydrogen-bond donors (Lipinski definition) is 0. The van der Waals surface area contributed by atoms with Gasteiger partial charge in [-0.3, -0.25) is 9.80 Å². The number of rotatable bonds is 3. The summed E-state index contributed by atoms with van der Waals surface area (Å²) in [6, 6.07) is 13.4. The van der Waals surface area contributed by atoms with Crippen LogP contribution in [0, 0.1) is 0 Å². The SMILES string of the molecule is COc1ccccc1N1C(=O)N(c2ccc(Br)cc2)C2CS(=O)(=O)CC21. The Morgan fingerprint density at radius 3 is 2.27 bits per heavy atom. The van der Waals surface area contributed by atoms with Crippen molar-refractivity contribution in [3.63, 3.8) is 0 Å². The number of benzene rings is 2. The fourth-order valence-corrected chi connectivity index (χ4v) is 5.90. The van der Waals surface area contributed by atoms with Crippen molar-refractivity contribution in [3.8, 4) is 5.75 Å². The number of halogens is 1. The lowest BCUT2D eigenvalue weighted by Gasteiger charge is -2.24. The van der Waals surface area contributed by atoms with Gasteiger partial charge in [0, 0.05) is 10.2 Å². The average Bonchev–Trinajstić information content (AvgIpc) is 3.04. The fraction of sp³-hybridized carbons (Fsp3) is 0.278. The lowest BCUT2D eigenvalue weighted by atomic mass is 10.1. The van der Waals surface area contributed by atoms with Gasteiger partial charge in [-0.1, -0.05) is 28.1 Å². The number of sulfone groups is 1. The van der Waals surface area contributed by atoms with Crippen LogP contribution in [0.15, 0.2) is 53.0 Å². The molecule has 0 spiro atoms. The Hall–Kier alpha value is -2.06. The number of amides is 2. The molecule has 0 aromatic heterocycles. The van der Waals surface area contributed by atoms with Gasteiger partial charge in [-0.15, -0.1) is 0 Å². The zero-order chi connectivity index (χ0) is 18.5. The van der Waals surface area contributed by atoms with Gasteiger partial charge in [-0.25, -0.2) is 13.2 Å². The monoisotopic (exact) mass is 436 g/mol. The van der Waals surface area contributed by atoms with Crippen molar-refractivity contribution in [1.82, 2.24) is 0 Å². The Labute approximate surface area is 160 Å². The molecule has 0 saturated carbocycles. The molecule has 2 heterocycles. The Morgan fingerprint density at radius 1 is 1.00 bits per heavy atom. The molecule has 136 valence electrons. The van der Waals surface area contributed by atoms with E-state index in [1.807, 2.05) is 36.4 Å². The second-order valence-electron chi connectivity index (χ2n) is 6.38. The molecule has 2 saturated heterocycles. The molecule has 2 fully saturated rings. The largest absolute Gasteiger partial charge is 0.495 e. The molecular weight excluding hydrogens is 420 g/mol. The summed E-state index contributed by atoms with van der Waals surface area (Å²) >= 11 is 3.38. The van der Waals surface area contributed by atoms with E-state index >= 15 is 0 Å². The van der Waals surface area contributed by atoms with Crippen LogP contribution in [-0.2, 0) is 9.84 Å². The predicted octanol–water partition coefficient (Wildman–Crippen LogP) is 3.07. The molecule has 0 N–H and O–H groups in total. The number of hydrogen-bond acceptors (Lipinski definition) is 4. The summed E-state index contributed by atoms with van der Waals surface area (Å²) < 4.78 is 30.9. The van der Waals surface area contributed by atoms with Crippen LogP contribution < -0.4 is 14.5 Å². The maximum atomic E-state index is 13.3. The number of nitrogens with zero attached hydrogens (tertiary/aromatic N) is 2. The highest BCUT2D eigenvalue weighted by Crippen LogP contribution is 2.41. The molecule has 4 rings (SSSR count). The number of ether oxygens (including phenoxy) is 1. The van der Waals surface area contributed by atoms with E-state index in [4.69, 9.17) is 4.74 Å². The van der Waals surface area contributed by atoms with E-state index in [9.17, 15) is 13.2 Å². The third-order valence-electron chi connectivity index (χ3n) is 4.82. The van der Waals surface area contributed by atoms with Crippen LogP contribution in [-0.4, -0.2) is 45.1 Å². The maximum absolute atomic E-state index is 13.3. The first-order valence-electron chi connectivity index (χ1n) is 8.13. The van der Waals surface area contributed by atoms with Gasteiger partial charge in [-0.2, -0.15) is 0 Å². The number of anilines is 2. The Bertz CT molecular complexity index is 961. The van der Waals surface area contributed by atoms with E-state index in [0.717, 1.165) is 4.47 Å². The molecule has 2 aliphatic heterocycles. The van der Waals surface area contributed by atoms with Crippen LogP contribution in [0.3, 0.4) is 0 Å². The number of carbonyl (C=O) groups is 1. The van der Waals surface area contributed by atoms with Gasteiger partial charge in [0.25, 0.3) is 0 Å². The van der Waals surface area contributed by atoms with Crippen LogP contribution in [0.5, 0.6) is 5.75 Å². The molecule has 2 unspecified atom stereocenters. The molecule has 6 nitrogen and oxygen atoms in total. The third-order valence-corrected chi connectivity index (χ3v) is 7.05. The number of para-hydroxylation sites is 2. The first-order chi connectivity index (χ1) is 12.4. The predicted molar refractivity (Wildman–Crippen MR) is 104 cm³/mol. The summed E-state index contributed by atoms with van der Waals surface area (Å²) in [5, 5.41) is 0. The topological polar surface area (TPSA) is 66.9 Å². The first kappa shape index (κ1) is 17.4. The Morgan fingerprint density at radius 2 is 1.62 bits per heavy atom. The highest BCUT2D eigenvalue weighted by Gasteiger charge is 2.54. The molecule has 26 heavy (non-hydrogen) atoms. The third kappa shape index (κ3) is 2.77. The minimum Gasteiger partial charge on any atom is -0.495 e. The van der Waals surface area contributed by atoms with Crippen LogP contribution >= 0.6 is 15.9 Å². The van der Waals surface area contributed by atoms with Crippen LogP contribution in [0.1, 0.15) is 0 Å². The number of urea groups is 1. The van der Waals surface area contributed by atoms with Gasteiger partial charge in [0.15, 0.2) is 9.84 Å². The maximum Gasteiger partial charge on any atom is 0.329 e. The summed E-state index contributed by atoms with van der Waals surface area (Å²) in [5.41, 5.74) is 1.27. The molecule has 2 amide bonds. The number of carbonyl (C=O) groups excluding carboxylic acids is 1. The van der Waals surface area contributed by atoms with E-state index in [-0.39, 0.29) is 17.5 Å². The van der Waals surface area contributed by atoms with Crippen molar-refractivity contribution in [2.24, 2.45) is 0 Å². The van der Waals surface area contributed by atoms with Crippen molar-refractivity contribution < 1.29 is 17.9 Å². The smallest absolute Gasteiger partial charge is 0.329 e. The number of methoxy groups -OCH3 is 1. The minimum atomic E-state index is -3.22. The summed E-state index contributed by atoms with van der Waals surface area (Å²) in [6.45, 7) is 0. The molecule has 8 heteroatoms. The molecule has 2 aromatic rings. The lowest BCUT2D eigenvalue weighted by Crippen LogP contribution is -2.38. The van der Waals surface area contributed by atoms with Crippen molar-refractivity contribution in [2.45, 2.75) is 12.1 Å². The standard InChI is InChI=1S/C18H17BrN2O4S/c1-25-17-5-3-2-4-14(17)21-16-11-26(23,24)10-15(16)20(18(21)22)13-8-6-12(19)7-9-13/h2-9,15-16H,10-11H2,1H3. The molecule has 0 aliphatic carbocycles. The van der Waals surface area contributed by atoms with Crippen molar-refractivity contribution in [3.05, 3.63) is 53.0 Å². The van der Waals surface area contributed by atoms with E-state index in [1.54, 1.807) is 21.9 Å². The highest BCUT2D eigenvalue weighted by molar-refractivity contribution is 9.10. The second kappa shape index (κ2) is 6.28. The summed E-state index contributed by atoms with van der Waals surface area (Å²) in [6.07, 6.45) is 0. The van der Waals surface area contributed by atoms with E-state index in [2.05, 4.69) is 15.9 Å². The molecule has 2 atom stereocenters. The summed E-state index contributed by atoms with van der Waals surface area (Å²) in [4.78, 5) is 16.4. The van der Waals surface area contributed by atoms with E-state index < -0.39 is 21.9 Å². The van der Waals surface area contributed by atoms with Crippen molar-refractivity contribution in [1.29, 1.82) is 0 Å². The summed E-state index contributed by atoms with van der Waals surface area (Å²) in [5.74, 6) is 0.459. The first-order valence-corrected chi connectivity index (χ1v) is 10.7. The average molecular weight is 437 g/mol. The van der Waals surface area contributed by atoms with Crippen LogP contribution in [0.25, 0.3) is 0 Å². The normalized spacial score (nSPS) is 24.0. The van der Waals surface area contributed by atoms with Gasteiger partial charge in [-0.05, 0) is 36.4 Å². The second-order valence-corrected chi connectivity index (χ2v) is 9.45. The van der Waals surface area contributed by atoms with E-state index in [1.165, 1.54) is 7.11 Å². The number of fused-ring (bicyclic) bond motifs is 1. The minimum absolute atomic E-state index is 0.0366. The van der Waals surface area contributed by atoms with Gasteiger partial charge in [0.1, 0.15) is 5.75 Å². The molecule has 2 aliphatic rings. The van der Waals surface area contributed by atoms with E-state index in [0.29, 0.717) is 17.1 Å². The molecular formula is C18H17BrN2O4S. The molecule has 2 aromatic carbocycles. The molecule has 0 bridgehead atoms. The zero-order valence-corrected chi connectivity index (χ0v) is 16.4. The van der Waals surface area contributed by atoms with Gasteiger partial charge in [0.05, 0.1) is 36.4 Å². The Kier molecular flexibility index (Phi) is 4.19. The fourth-order valence-electron chi connectivity index (χ4n) is 3.72. The molecule has 0 radical (unpaired) electrons. The van der Waals surface area contributed by atoms with Crippen molar-refractivity contribution in [2.75, 3.05) is 28.4 Å². The van der Waals surface area contributed by atoms with Crippen LogP contribution in [0.4, 0.5) is 16.2 Å². The van der Waals surface area contributed by atoms with Gasteiger partial charge >= 0.3 is 6.03 Å². The lowest BCUT2D eigenvalue weighted by molar-refractivity contribution is 0.255. The Balaban J connectivity index is 1.83.